The Morgan fingerprint density at radius 3 is 2.59 bits per heavy atom. The number of carboxylic acid groups (broad SMARTS) is 1. The van der Waals surface area contributed by atoms with E-state index < -0.39 is 5.97 Å². The van der Waals surface area contributed by atoms with Gasteiger partial charge in [0.1, 0.15) is 0 Å². The van der Waals surface area contributed by atoms with Crippen LogP contribution in [0.25, 0.3) is 0 Å². The molecular weight excluding hydrogens is 214 g/mol. The van der Waals surface area contributed by atoms with Crippen LogP contribution in [0.15, 0.2) is 0 Å². The first kappa shape index (κ1) is 12.9. The van der Waals surface area contributed by atoms with Gasteiger partial charge in [0.15, 0.2) is 0 Å². The van der Waals surface area contributed by atoms with Crippen LogP contribution in [0, 0.1) is 11.8 Å². The minimum atomic E-state index is -0.635. The molecule has 2 rings (SSSR count). The molecule has 1 unspecified atom stereocenters. The summed E-state index contributed by atoms with van der Waals surface area (Å²) in [7, 11) is 0. The number of rotatable bonds is 5. The molecule has 1 atom stereocenters. The first-order valence-corrected chi connectivity index (χ1v) is 7.18. The van der Waals surface area contributed by atoms with Crippen LogP contribution in [0.4, 0.5) is 0 Å². The Bertz CT molecular complexity index is 249. The van der Waals surface area contributed by atoms with Crippen LogP contribution in [-0.4, -0.2) is 35.6 Å². The van der Waals surface area contributed by atoms with Gasteiger partial charge in [-0.25, -0.2) is 0 Å². The standard InChI is InChI=1S/C14H25NO2/c16-14(17)10-13-7-9-15(11-13)8-6-12-4-2-1-3-5-12/h12-13H,1-11H2,(H,16,17). The van der Waals surface area contributed by atoms with E-state index in [1.165, 1.54) is 45.1 Å². The molecule has 1 heterocycles. The number of aliphatic carboxylic acids is 1. The fourth-order valence-corrected chi connectivity index (χ4v) is 3.37. The van der Waals surface area contributed by atoms with Gasteiger partial charge in [-0.1, -0.05) is 32.1 Å². The molecule has 3 heteroatoms. The minimum absolute atomic E-state index is 0.361. The fourth-order valence-electron chi connectivity index (χ4n) is 3.37. The molecule has 0 amide bonds. The highest BCUT2D eigenvalue weighted by molar-refractivity contribution is 5.67. The Balaban J connectivity index is 1.62. The lowest BCUT2D eigenvalue weighted by atomic mass is 9.87. The van der Waals surface area contributed by atoms with Crippen molar-refractivity contribution in [1.29, 1.82) is 0 Å². The summed E-state index contributed by atoms with van der Waals surface area (Å²) in [5, 5.41) is 8.78. The summed E-state index contributed by atoms with van der Waals surface area (Å²) in [6.07, 6.45) is 9.90. The molecule has 98 valence electrons. The van der Waals surface area contributed by atoms with Gasteiger partial charge < -0.3 is 10.0 Å². The van der Waals surface area contributed by atoms with E-state index in [0.29, 0.717) is 12.3 Å². The van der Waals surface area contributed by atoms with Crippen molar-refractivity contribution in [1.82, 2.24) is 4.90 Å². The largest absolute Gasteiger partial charge is 0.481 e. The molecule has 0 spiro atoms. The molecule has 17 heavy (non-hydrogen) atoms. The average molecular weight is 239 g/mol. The van der Waals surface area contributed by atoms with Crippen LogP contribution in [0.2, 0.25) is 0 Å². The van der Waals surface area contributed by atoms with Gasteiger partial charge in [-0.2, -0.15) is 0 Å². The normalized spacial score (nSPS) is 27.4. The predicted octanol–water partition coefficient (Wildman–Crippen LogP) is 2.75. The monoisotopic (exact) mass is 239 g/mol. The average Bonchev–Trinajstić information content (AvgIpc) is 2.75. The minimum Gasteiger partial charge on any atom is -0.481 e. The second kappa shape index (κ2) is 6.39. The summed E-state index contributed by atoms with van der Waals surface area (Å²) in [4.78, 5) is 13.1. The summed E-state index contributed by atoms with van der Waals surface area (Å²) >= 11 is 0. The number of hydrogen-bond acceptors (Lipinski definition) is 2. The van der Waals surface area contributed by atoms with Gasteiger partial charge in [0.2, 0.25) is 0 Å². The Kier molecular flexibility index (Phi) is 4.84. The molecule has 2 aliphatic rings. The number of likely N-dealkylation sites (tertiary alicyclic amines) is 1. The van der Waals surface area contributed by atoms with E-state index in [1.54, 1.807) is 0 Å². The van der Waals surface area contributed by atoms with Crippen molar-refractivity contribution in [2.24, 2.45) is 11.8 Å². The summed E-state index contributed by atoms with van der Waals surface area (Å²) in [6, 6.07) is 0. The summed E-state index contributed by atoms with van der Waals surface area (Å²) in [5.74, 6) is 0.713. The molecule has 0 aromatic carbocycles. The van der Waals surface area contributed by atoms with Crippen LogP contribution < -0.4 is 0 Å². The van der Waals surface area contributed by atoms with E-state index in [9.17, 15) is 4.79 Å². The first-order valence-electron chi connectivity index (χ1n) is 7.18. The Labute approximate surface area is 104 Å². The van der Waals surface area contributed by atoms with Crippen LogP contribution >= 0.6 is 0 Å². The third kappa shape index (κ3) is 4.30. The second-order valence-electron chi connectivity index (χ2n) is 5.85. The molecule has 1 N–H and O–H groups in total. The number of nitrogens with zero attached hydrogens (tertiary/aromatic N) is 1. The third-order valence-corrected chi connectivity index (χ3v) is 4.41. The quantitative estimate of drug-likeness (QED) is 0.802. The van der Waals surface area contributed by atoms with Crippen molar-refractivity contribution in [3.8, 4) is 0 Å². The van der Waals surface area contributed by atoms with E-state index in [1.807, 2.05) is 0 Å². The Morgan fingerprint density at radius 2 is 1.88 bits per heavy atom. The van der Waals surface area contributed by atoms with E-state index in [4.69, 9.17) is 5.11 Å². The zero-order valence-electron chi connectivity index (χ0n) is 10.7. The third-order valence-electron chi connectivity index (χ3n) is 4.41. The van der Waals surface area contributed by atoms with Crippen molar-refractivity contribution in [3.05, 3.63) is 0 Å². The Hall–Kier alpha value is -0.570. The molecule has 1 aliphatic carbocycles. The maximum atomic E-state index is 10.6. The molecule has 1 saturated carbocycles. The van der Waals surface area contributed by atoms with Crippen molar-refractivity contribution < 1.29 is 9.90 Å². The van der Waals surface area contributed by atoms with Crippen LogP contribution in [0.5, 0.6) is 0 Å². The molecule has 1 aliphatic heterocycles. The molecule has 0 bridgehead atoms. The summed E-state index contributed by atoms with van der Waals surface area (Å²) in [5.41, 5.74) is 0. The van der Waals surface area contributed by atoms with Crippen molar-refractivity contribution in [2.75, 3.05) is 19.6 Å². The van der Waals surface area contributed by atoms with Crippen LogP contribution in [0.1, 0.15) is 51.4 Å². The molecule has 3 nitrogen and oxygen atoms in total. The van der Waals surface area contributed by atoms with Crippen molar-refractivity contribution in [2.45, 2.75) is 51.4 Å². The second-order valence-corrected chi connectivity index (χ2v) is 5.85. The molecule has 1 saturated heterocycles. The zero-order chi connectivity index (χ0) is 12.1. The highest BCUT2D eigenvalue weighted by atomic mass is 16.4. The smallest absolute Gasteiger partial charge is 0.303 e. The number of carboxylic acids is 1. The lowest BCUT2D eigenvalue weighted by Gasteiger charge is -2.24. The highest BCUT2D eigenvalue weighted by Gasteiger charge is 2.24. The first-order chi connectivity index (χ1) is 8.24. The SMILES string of the molecule is O=C(O)CC1CCN(CCC2CCCCC2)C1. The van der Waals surface area contributed by atoms with Gasteiger partial charge >= 0.3 is 5.97 Å². The summed E-state index contributed by atoms with van der Waals surface area (Å²) in [6.45, 7) is 3.32. The molecule has 0 radical (unpaired) electrons. The highest BCUT2D eigenvalue weighted by Crippen LogP contribution is 2.27. The molecule has 0 aromatic rings. The fraction of sp³-hybridized carbons (Fsp3) is 0.929. The number of hydrogen-bond donors (Lipinski definition) is 1. The van der Waals surface area contributed by atoms with E-state index in [-0.39, 0.29) is 0 Å². The lowest BCUT2D eigenvalue weighted by Crippen LogP contribution is -2.24. The summed E-state index contributed by atoms with van der Waals surface area (Å²) < 4.78 is 0. The van der Waals surface area contributed by atoms with Gasteiger partial charge in [-0.15, -0.1) is 0 Å². The molecule has 0 aromatic heterocycles. The van der Waals surface area contributed by atoms with Crippen LogP contribution in [0.3, 0.4) is 0 Å². The predicted molar refractivity (Wildman–Crippen MR) is 68.0 cm³/mol. The topological polar surface area (TPSA) is 40.5 Å². The Morgan fingerprint density at radius 1 is 1.12 bits per heavy atom. The van der Waals surface area contributed by atoms with Gasteiger partial charge in [0, 0.05) is 13.0 Å². The van der Waals surface area contributed by atoms with Gasteiger partial charge in [-0.05, 0) is 37.8 Å². The van der Waals surface area contributed by atoms with Gasteiger partial charge in [0.05, 0.1) is 0 Å². The van der Waals surface area contributed by atoms with E-state index in [0.717, 1.165) is 25.4 Å². The van der Waals surface area contributed by atoms with Crippen molar-refractivity contribution in [3.63, 3.8) is 0 Å². The maximum absolute atomic E-state index is 10.6. The lowest BCUT2D eigenvalue weighted by molar-refractivity contribution is -0.138. The van der Waals surface area contributed by atoms with Crippen molar-refractivity contribution >= 4 is 5.97 Å². The van der Waals surface area contributed by atoms with Crippen LogP contribution in [-0.2, 0) is 4.79 Å². The number of carbonyl (C=O) groups is 1. The maximum Gasteiger partial charge on any atom is 0.303 e. The van der Waals surface area contributed by atoms with Gasteiger partial charge in [0.25, 0.3) is 0 Å². The molecule has 2 fully saturated rings. The zero-order valence-corrected chi connectivity index (χ0v) is 10.7. The van der Waals surface area contributed by atoms with Gasteiger partial charge in [-0.3, -0.25) is 4.79 Å². The molecular formula is C14H25NO2. The van der Waals surface area contributed by atoms with E-state index >= 15 is 0 Å². The van der Waals surface area contributed by atoms with E-state index in [2.05, 4.69) is 4.90 Å².